The maximum Gasteiger partial charge on any atom is 0.488 e. The third-order valence-electron chi connectivity index (χ3n) is 15.3. The highest BCUT2D eigenvalue weighted by molar-refractivity contribution is 9.11. The molecule has 13 N–H and O–H groups in total. The number of fused-ring (bicyclic) bond motifs is 4. The van der Waals surface area contributed by atoms with Gasteiger partial charge in [0.2, 0.25) is 46.2 Å². The van der Waals surface area contributed by atoms with Crippen molar-refractivity contribution in [2.45, 2.75) is 25.7 Å². The number of non-ortho nitro benzene ring substituents is 3. The van der Waals surface area contributed by atoms with Crippen LogP contribution >= 0.6 is 43.5 Å². The molecule has 0 saturated heterocycles. The first-order chi connectivity index (χ1) is 50.3. The molecule has 105 heavy (non-hydrogen) atoms. The molecule has 9 aromatic carbocycles. The van der Waals surface area contributed by atoms with Crippen LogP contribution in [0.2, 0.25) is 5.28 Å². The standard InChI is InChI=1S/C19H13N5O.C14H10N2O3.C14H12N2O.C8H5BrN2O3.C6H7BO2.C6H6BrN3O2.C5H2ClN3/c1-20-14-10-21-19(22-11-14)23-13-7-15(12-5-3-2-4-6-12)16-9-18(25)24-17(16)8-13;17-14-8-12-11(9-4-2-1-3-5-9)6-10(16(18)19)7-13(12)15-14;15-10-6-11(9-4-2-1-3-5-9)12-8-14(17)16-13(12)7-10;9-6-1-4(11(13)14)2-7-5(6)3-8(12)10-7;8-7(9)6-4-2-1-3-5-6;7-4-1-3(10(11)12)2-5(8)6(4)9;1-7-4-2-8-5(6)9-3-4/h2-8,10-11H,9H2,(H,24,25)(H,21,22,23);1-7H,8H2,(H,15,17);1-7H,8,15H2,(H,16,17);1-2H,3H2,(H,10,12);1-5,8-9H;1-2H,8-9H2;2-3H. The summed E-state index contributed by atoms with van der Waals surface area (Å²) in [5.74, 6) is 0.148. The van der Waals surface area contributed by atoms with Crippen molar-refractivity contribution in [3.63, 3.8) is 0 Å². The predicted molar refractivity (Wildman–Crippen MR) is 408 cm³/mol. The van der Waals surface area contributed by atoms with Gasteiger partial charge in [0, 0.05) is 92.9 Å². The number of nitrogens with zero attached hydrogens (tertiary/aromatic N) is 9. The van der Waals surface area contributed by atoms with Crippen molar-refractivity contribution in [2.75, 3.05) is 43.8 Å². The van der Waals surface area contributed by atoms with Crippen LogP contribution in [0.3, 0.4) is 0 Å². The Labute approximate surface area is 619 Å². The molecule has 4 aliphatic rings. The first kappa shape index (κ1) is 75.8. The normalized spacial score (nSPS) is 11.8. The van der Waals surface area contributed by atoms with E-state index in [1.165, 1.54) is 61.2 Å². The third-order valence-corrected chi connectivity index (χ3v) is 16.8. The summed E-state index contributed by atoms with van der Waals surface area (Å²) in [6, 6.07) is 53.8. The molecule has 0 spiro atoms. The molecule has 4 aliphatic heterocycles. The van der Waals surface area contributed by atoms with Gasteiger partial charge >= 0.3 is 7.12 Å². The van der Waals surface area contributed by atoms with Gasteiger partial charge in [-0.2, -0.15) is 0 Å². The number of rotatable bonds is 9. The highest BCUT2D eigenvalue weighted by atomic mass is 79.9. The monoisotopic (exact) mass is 1550 g/mol. The molecule has 0 atom stereocenters. The zero-order valence-corrected chi connectivity index (χ0v) is 58.3. The predicted octanol–water partition coefficient (Wildman–Crippen LogP) is 13.5. The first-order valence-electron chi connectivity index (χ1n) is 30.8. The average molecular weight is 1560 g/mol. The Morgan fingerprint density at radius 1 is 0.476 bits per heavy atom. The second-order valence-corrected chi connectivity index (χ2v) is 24.5. The number of nitrogens with two attached hydrogens (primary N) is 3. The van der Waals surface area contributed by atoms with Gasteiger partial charge in [0.25, 0.3) is 17.1 Å². The van der Waals surface area contributed by atoms with Crippen LogP contribution < -0.4 is 49.2 Å². The Kier molecular flexibility index (Phi) is 25.5. The lowest BCUT2D eigenvalue weighted by Crippen LogP contribution is -2.29. The number of halogens is 3. The van der Waals surface area contributed by atoms with Crippen molar-refractivity contribution in [2.24, 2.45) is 0 Å². The van der Waals surface area contributed by atoms with Crippen LogP contribution in [0.25, 0.3) is 43.1 Å². The molecule has 0 unspecified atom stereocenters. The molecular formula is C72H55BBr2ClN17O12. The number of hydrogen-bond acceptors (Lipinski definition) is 20. The van der Waals surface area contributed by atoms with Gasteiger partial charge in [-0.25, -0.2) is 29.6 Å². The number of hydrogen-bond donors (Lipinski definition) is 10. The average Bonchev–Trinajstić information content (AvgIpc) is 1.71. The molecule has 15 rings (SSSR count). The summed E-state index contributed by atoms with van der Waals surface area (Å²) < 4.78 is 1.04. The Morgan fingerprint density at radius 3 is 1.26 bits per heavy atom. The molecule has 4 amide bonds. The second kappa shape index (κ2) is 35.3. The van der Waals surface area contributed by atoms with Gasteiger partial charge in [0.05, 0.1) is 76.3 Å². The number of anilines is 9. The Bertz CT molecular complexity index is 5180. The van der Waals surface area contributed by atoms with Crippen molar-refractivity contribution >= 4 is 160 Å². The Morgan fingerprint density at radius 2 is 0.838 bits per heavy atom. The molecule has 0 radical (unpaired) electrons. The van der Waals surface area contributed by atoms with Crippen molar-refractivity contribution in [3.05, 3.63) is 296 Å². The fraction of sp³-hybridized carbons (Fsp3) is 0.0556. The highest BCUT2D eigenvalue weighted by Gasteiger charge is 2.28. The summed E-state index contributed by atoms with van der Waals surface area (Å²) in [6.45, 7) is 13.5. The van der Waals surface area contributed by atoms with Gasteiger partial charge in [0.1, 0.15) is 0 Å². The molecule has 2 aromatic heterocycles. The van der Waals surface area contributed by atoms with Gasteiger partial charge in [-0.05, 0) is 113 Å². The summed E-state index contributed by atoms with van der Waals surface area (Å²) >= 11 is 11.6. The van der Waals surface area contributed by atoms with Gasteiger partial charge in [-0.15, -0.1) is 0 Å². The third kappa shape index (κ3) is 20.4. The minimum Gasteiger partial charge on any atom is -0.423 e. The number of nitro benzene ring substituents is 3. The fourth-order valence-electron chi connectivity index (χ4n) is 10.5. The van der Waals surface area contributed by atoms with Crippen LogP contribution in [0.5, 0.6) is 0 Å². The molecule has 0 fully saturated rings. The minimum atomic E-state index is -1.34. The largest absolute Gasteiger partial charge is 0.488 e. The number of nitrogens with one attached hydrogen (secondary N) is 5. The van der Waals surface area contributed by atoms with E-state index in [2.05, 4.69) is 88.1 Å². The van der Waals surface area contributed by atoms with Crippen molar-refractivity contribution in [3.8, 4) is 33.4 Å². The molecule has 524 valence electrons. The number of carbonyl (C=O) groups excluding carboxylic acids is 4. The number of benzene rings is 9. The van der Waals surface area contributed by atoms with E-state index in [1.807, 2.05) is 121 Å². The van der Waals surface area contributed by atoms with E-state index >= 15 is 0 Å². The summed E-state index contributed by atoms with van der Waals surface area (Å²) in [5, 5.41) is 63.2. The number of carbonyl (C=O) groups is 4. The maximum absolute atomic E-state index is 11.8. The zero-order valence-electron chi connectivity index (χ0n) is 54.4. The van der Waals surface area contributed by atoms with Crippen LogP contribution in [0, 0.1) is 43.5 Å². The summed E-state index contributed by atoms with van der Waals surface area (Å²) in [4.78, 5) is 97.9. The van der Waals surface area contributed by atoms with E-state index in [9.17, 15) is 49.5 Å². The maximum atomic E-state index is 11.8. The van der Waals surface area contributed by atoms with E-state index in [-0.39, 0.29) is 64.5 Å². The SMILES string of the molecule is Nc1cc([N+](=O)[O-])cc(Br)c1N.Nc1cc2c(c(-c3ccccc3)c1)CC(=O)N2.O=C1Cc2c(Br)cc([N+](=O)[O-])cc2N1.O=C1Cc2c(cc([N+](=O)[O-])cc2-c2ccccc2)N1.OB(O)c1ccccc1.[C-]#[N+]c1cnc(Cl)nc1.[C-]#[N+]c1cnc(Nc2cc3c(c(-c4ccccc4)c2)CC(=O)N3)nc1. The molecule has 33 heteroatoms. The molecule has 0 bridgehead atoms. The number of aromatic nitrogens is 4. The molecule has 6 heterocycles. The van der Waals surface area contributed by atoms with Gasteiger partial charge in [-0.3, -0.25) is 49.5 Å². The van der Waals surface area contributed by atoms with Gasteiger partial charge in [0.15, 0.2) is 0 Å². The second-order valence-electron chi connectivity index (χ2n) is 22.4. The zero-order chi connectivity index (χ0) is 75.4. The molecule has 29 nitrogen and oxygen atoms in total. The fourth-order valence-corrected chi connectivity index (χ4v) is 11.6. The van der Waals surface area contributed by atoms with E-state index in [0.717, 1.165) is 72.7 Å². The number of amides is 4. The summed E-state index contributed by atoms with van der Waals surface area (Å²) in [6.07, 6.45) is 7.02. The Balaban J connectivity index is 0.000000146. The van der Waals surface area contributed by atoms with Crippen molar-refractivity contribution in [1.29, 1.82) is 0 Å². The molecule has 0 aliphatic carbocycles. The van der Waals surface area contributed by atoms with E-state index in [1.54, 1.807) is 24.3 Å². The van der Waals surface area contributed by atoms with Crippen LogP contribution in [0.4, 0.5) is 79.9 Å². The van der Waals surface area contributed by atoms with Gasteiger partial charge < -0.3 is 53.8 Å². The number of nitrogen functional groups attached to an aromatic ring is 3. The van der Waals surface area contributed by atoms with Crippen LogP contribution in [0.15, 0.2) is 216 Å². The quantitative estimate of drug-likeness (QED) is 0.0160. The topological polar surface area (TPSA) is 437 Å². The van der Waals surface area contributed by atoms with Crippen LogP contribution in [0.1, 0.15) is 22.3 Å². The van der Waals surface area contributed by atoms with Gasteiger partial charge in [-0.1, -0.05) is 137 Å². The molecule has 0 saturated carbocycles. The lowest BCUT2D eigenvalue weighted by atomic mass is 9.81. The van der Waals surface area contributed by atoms with E-state index in [4.69, 9.17) is 52.0 Å². The van der Waals surface area contributed by atoms with Crippen LogP contribution in [-0.2, 0) is 44.9 Å². The molecular weight excluding hydrogens is 1500 g/mol. The summed E-state index contributed by atoms with van der Waals surface area (Å²) in [5.41, 5.74) is 32.0. The van der Waals surface area contributed by atoms with Crippen LogP contribution in [-0.4, -0.2) is 75.5 Å². The van der Waals surface area contributed by atoms with Crippen molar-refractivity contribution in [1.82, 2.24) is 19.9 Å². The lowest BCUT2D eigenvalue weighted by molar-refractivity contribution is -0.385. The molecule has 11 aromatic rings. The van der Waals surface area contributed by atoms with E-state index < -0.39 is 21.9 Å². The first-order valence-corrected chi connectivity index (χ1v) is 32.8. The minimum absolute atomic E-state index is 0.0120. The number of nitro groups is 3. The Hall–Kier alpha value is -13.4. The van der Waals surface area contributed by atoms with E-state index in [0.29, 0.717) is 67.3 Å². The smallest absolute Gasteiger partial charge is 0.423 e. The van der Waals surface area contributed by atoms with Crippen molar-refractivity contribution < 1.29 is 44.0 Å². The highest BCUT2D eigenvalue weighted by Crippen LogP contribution is 2.41. The lowest BCUT2D eigenvalue weighted by Gasteiger charge is -2.12. The summed E-state index contributed by atoms with van der Waals surface area (Å²) in [7, 11) is -1.34.